The van der Waals surface area contributed by atoms with E-state index in [1.807, 2.05) is 11.8 Å². The van der Waals surface area contributed by atoms with Crippen molar-refractivity contribution in [2.75, 3.05) is 32.8 Å². The van der Waals surface area contributed by atoms with Gasteiger partial charge in [0.2, 0.25) is 0 Å². The molecule has 1 saturated heterocycles. The highest BCUT2D eigenvalue weighted by molar-refractivity contribution is 5.95. The van der Waals surface area contributed by atoms with Crippen molar-refractivity contribution in [1.82, 2.24) is 15.3 Å². The molecule has 1 heterocycles. The van der Waals surface area contributed by atoms with Crippen LogP contribution in [0.15, 0.2) is 59.3 Å². The molecule has 0 aromatic heterocycles. The van der Waals surface area contributed by atoms with E-state index in [1.165, 1.54) is 24.4 Å². The number of alkyl halides is 3. The number of amidine groups is 1. The molecule has 1 aromatic carbocycles. The van der Waals surface area contributed by atoms with Crippen LogP contribution in [0.3, 0.4) is 0 Å². The maximum atomic E-state index is 12.7. The van der Waals surface area contributed by atoms with E-state index >= 15 is 0 Å². The quantitative estimate of drug-likeness (QED) is 0.144. The molecule has 2 rings (SSSR count). The molecule has 0 aliphatic carbocycles. The van der Waals surface area contributed by atoms with E-state index < -0.39 is 17.6 Å². The number of aliphatic hydroxyl groups excluding tert-OH is 1. The minimum atomic E-state index is -4.37. The Morgan fingerprint density at radius 1 is 1.21 bits per heavy atom. The van der Waals surface area contributed by atoms with E-state index in [2.05, 4.69) is 9.89 Å². The molecule has 1 atom stereocenters. The van der Waals surface area contributed by atoms with E-state index in [-0.39, 0.29) is 18.2 Å². The third-order valence-corrected chi connectivity index (χ3v) is 5.28. The number of allylic oxidation sites excluding steroid dienone is 1. The number of rotatable bonds is 7. The fourth-order valence-corrected chi connectivity index (χ4v) is 3.35. The van der Waals surface area contributed by atoms with Crippen LogP contribution in [0.4, 0.5) is 13.2 Å². The zero-order chi connectivity index (χ0) is 24.4. The van der Waals surface area contributed by atoms with Crippen LogP contribution in [0.5, 0.6) is 0 Å². The van der Waals surface area contributed by atoms with Crippen molar-refractivity contribution in [3.8, 4) is 0 Å². The molecule has 1 amide bonds. The molecule has 180 valence electrons. The van der Waals surface area contributed by atoms with Gasteiger partial charge in [0.05, 0.1) is 23.8 Å². The molecule has 0 bridgehead atoms. The first-order chi connectivity index (χ1) is 15.7. The smallest absolute Gasteiger partial charge is 0.394 e. The zero-order valence-electron chi connectivity index (χ0n) is 18.6. The topological polar surface area (TPSA) is 88.4 Å². The number of hydrogen-bond acceptors (Lipinski definition) is 5. The lowest BCUT2D eigenvalue weighted by molar-refractivity contribution is -0.137. The maximum absolute atomic E-state index is 12.7. The summed E-state index contributed by atoms with van der Waals surface area (Å²) in [5, 5.41) is 18.6. The van der Waals surface area contributed by atoms with Crippen LogP contribution in [-0.4, -0.2) is 70.7 Å². The number of hydroxylamine groups is 1. The Labute approximate surface area is 191 Å². The third-order valence-electron chi connectivity index (χ3n) is 5.28. The van der Waals surface area contributed by atoms with Crippen LogP contribution in [0, 0.1) is 0 Å². The number of hydrogen-bond donors (Lipinski definition) is 3. The maximum Gasteiger partial charge on any atom is 0.416 e. The molecule has 1 aliphatic rings. The number of piperazine rings is 1. The number of halogens is 3. The zero-order valence-corrected chi connectivity index (χ0v) is 18.6. The number of nitrogens with zero attached hydrogens (tertiary/aromatic N) is 3. The van der Waals surface area contributed by atoms with E-state index in [0.717, 1.165) is 12.1 Å². The molecule has 10 heteroatoms. The van der Waals surface area contributed by atoms with E-state index in [4.69, 9.17) is 5.21 Å². The minimum Gasteiger partial charge on any atom is -0.394 e. The second-order valence-electron chi connectivity index (χ2n) is 7.45. The van der Waals surface area contributed by atoms with Gasteiger partial charge in [-0.05, 0) is 31.5 Å². The average Bonchev–Trinajstić information content (AvgIpc) is 2.81. The number of carbonyl (C=O) groups excluding carboxylic acids is 1. The van der Waals surface area contributed by atoms with Gasteiger partial charge in [0, 0.05) is 32.4 Å². The number of amides is 1. The van der Waals surface area contributed by atoms with Gasteiger partial charge in [-0.2, -0.15) is 13.2 Å². The van der Waals surface area contributed by atoms with Gasteiger partial charge in [0.25, 0.3) is 5.91 Å². The van der Waals surface area contributed by atoms with Gasteiger partial charge >= 0.3 is 6.18 Å². The molecule has 0 radical (unpaired) electrons. The summed E-state index contributed by atoms with van der Waals surface area (Å²) in [4.78, 5) is 20.1. The molecule has 0 spiro atoms. The SMILES string of the molecule is CC=C/C(=C\N=C(/C)N1CCN(C(/C=C/c2ccc(C(F)(F)F)cc2)CO)CC1)C(=O)NO. The van der Waals surface area contributed by atoms with Crippen LogP contribution < -0.4 is 5.48 Å². The van der Waals surface area contributed by atoms with Gasteiger partial charge < -0.3 is 10.0 Å². The molecule has 1 aromatic rings. The van der Waals surface area contributed by atoms with Crippen molar-refractivity contribution in [2.45, 2.75) is 26.1 Å². The fraction of sp³-hybridized carbons (Fsp3) is 0.391. The number of benzene rings is 1. The first-order valence-electron chi connectivity index (χ1n) is 10.5. The van der Waals surface area contributed by atoms with Gasteiger partial charge in [-0.1, -0.05) is 36.4 Å². The van der Waals surface area contributed by atoms with Crippen LogP contribution in [0.1, 0.15) is 25.0 Å². The molecular weight excluding hydrogens is 437 g/mol. The van der Waals surface area contributed by atoms with Crippen LogP contribution in [-0.2, 0) is 11.0 Å². The Morgan fingerprint density at radius 2 is 1.85 bits per heavy atom. The summed E-state index contributed by atoms with van der Waals surface area (Å²) in [6.07, 6.45) is 3.72. The largest absolute Gasteiger partial charge is 0.416 e. The predicted octanol–water partition coefficient (Wildman–Crippen LogP) is 3.08. The fourth-order valence-electron chi connectivity index (χ4n) is 3.35. The highest BCUT2D eigenvalue weighted by Crippen LogP contribution is 2.29. The van der Waals surface area contributed by atoms with Gasteiger partial charge in [-0.3, -0.25) is 14.9 Å². The number of nitrogens with one attached hydrogen (secondary N) is 1. The third kappa shape index (κ3) is 7.85. The van der Waals surface area contributed by atoms with Crippen LogP contribution >= 0.6 is 0 Å². The minimum absolute atomic E-state index is 0.115. The van der Waals surface area contributed by atoms with Crippen molar-refractivity contribution in [3.63, 3.8) is 0 Å². The molecule has 3 N–H and O–H groups in total. The lowest BCUT2D eigenvalue weighted by Gasteiger charge is -2.38. The Balaban J connectivity index is 1.97. The van der Waals surface area contributed by atoms with Gasteiger partial charge in [-0.15, -0.1) is 0 Å². The Morgan fingerprint density at radius 3 is 2.36 bits per heavy atom. The lowest BCUT2D eigenvalue weighted by Crippen LogP contribution is -2.52. The van der Waals surface area contributed by atoms with Crippen molar-refractivity contribution in [3.05, 3.63) is 65.4 Å². The Bertz CT molecular complexity index is 901. The highest BCUT2D eigenvalue weighted by Gasteiger charge is 2.29. The first kappa shape index (κ1) is 26.3. The van der Waals surface area contributed by atoms with Crippen molar-refractivity contribution in [2.24, 2.45) is 4.99 Å². The number of carbonyl (C=O) groups is 1. The molecule has 33 heavy (non-hydrogen) atoms. The molecule has 0 saturated carbocycles. The summed E-state index contributed by atoms with van der Waals surface area (Å²) in [6, 6.07) is 4.61. The van der Waals surface area contributed by atoms with Gasteiger partial charge in [-0.25, -0.2) is 10.5 Å². The summed E-state index contributed by atoms with van der Waals surface area (Å²) in [5.41, 5.74) is 1.72. The van der Waals surface area contributed by atoms with E-state index in [1.54, 1.807) is 30.6 Å². The Kier molecular flexibility index (Phi) is 9.83. The highest BCUT2D eigenvalue weighted by atomic mass is 19.4. The summed E-state index contributed by atoms with van der Waals surface area (Å²) in [5.74, 6) is 0.0586. The van der Waals surface area contributed by atoms with Gasteiger partial charge in [0.15, 0.2) is 0 Å². The second-order valence-corrected chi connectivity index (χ2v) is 7.45. The molecule has 1 unspecified atom stereocenters. The standard InChI is InChI=1S/C23H29F3N4O3/c1-3-4-19(22(32)28-33)15-27-17(2)29-11-13-30(14-12-29)21(16-31)10-7-18-5-8-20(9-6-18)23(24,25)26/h3-10,15,21,31,33H,11-14,16H2,1-2H3,(H,28,32)/b4-3?,10-7+,19-15+,27-17+. The van der Waals surface area contributed by atoms with E-state index in [9.17, 15) is 23.1 Å². The predicted molar refractivity (Wildman–Crippen MR) is 120 cm³/mol. The summed E-state index contributed by atoms with van der Waals surface area (Å²) in [6.45, 7) is 6.06. The summed E-state index contributed by atoms with van der Waals surface area (Å²) >= 11 is 0. The molecule has 7 nitrogen and oxygen atoms in total. The lowest BCUT2D eigenvalue weighted by atomic mass is 10.1. The van der Waals surface area contributed by atoms with Crippen molar-refractivity contribution in [1.29, 1.82) is 0 Å². The summed E-state index contributed by atoms with van der Waals surface area (Å²) in [7, 11) is 0. The normalized spacial score (nSPS) is 17.7. The first-order valence-corrected chi connectivity index (χ1v) is 10.5. The van der Waals surface area contributed by atoms with Crippen molar-refractivity contribution < 1.29 is 28.3 Å². The van der Waals surface area contributed by atoms with Crippen molar-refractivity contribution >= 4 is 17.8 Å². The van der Waals surface area contributed by atoms with E-state index in [0.29, 0.717) is 37.6 Å². The number of aliphatic hydroxyl groups is 1. The average molecular weight is 467 g/mol. The Hall–Kier alpha value is -2.95. The van der Waals surface area contributed by atoms with Crippen LogP contribution in [0.2, 0.25) is 0 Å². The van der Waals surface area contributed by atoms with Crippen LogP contribution in [0.25, 0.3) is 6.08 Å². The summed E-state index contributed by atoms with van der Waals surface area (Å²) < 4.78 is 38.1. The molecule has 1 fully saturated rings. The molecular formula is C23H29F3N4O3. The second kappa shape index (κ2) is 12.3. The monoisotopic (exact) mass is 466 g/mol. The molecule has 1 aliphatic heterocycles. The number of aliphatic imine (C=N–C) groups is 1. The van der Waals surface area contributed by atoms with Gasteiger partial charge in [0.1, 0.15) is 5.84 Å².